The summed E-state index contributed by atoms with van der Waals surface area (Å²) >= 11 is 6.21. The van der Waals surface area contributed by atoms with Crippen molar-refractivity contribution in [2.45, 2.75) is 58.5 Å². The van der Waals surface area contributed by atoms with Gasteiger partial charge in [0.25, 0.3) is 5.91 Å². The average molecular weight is 665 g/mol. The summed E-state index contributed by atoms with van der Waals surface area (Å²) in [6.45, 7) is 4.54. The molecule has 2 heterocycles. The maximum Gasteiger partial charge on any atom is 0.257 e. The quantitative estimate of drug-likeness (QED) is 0.286. The molecule has 0 spiro atoms. The molecular formula is C35H45ClN6O5. The molecule has 1 aromatic heterocycles. The summed E-state index contributed by atoms with van der Waals surface area (Å²) in [6, 6.07) is 12.9. The molecule has 3 amide bonds. The van der Waals surface area contributed by atoms with E-state index in [1.165, 1.54) is 0 Å². The molecule has 2 aliphatic rings. The van der Waals surface area contributed by atoms with E-state index in [4.69, 9.17) is 21.1 Å². The normalized spacial score (nSPS) is 20.2. The van der Waals surface area contributed by atoms with Crippen LogP contribution in [0.5, 0.6) is 11.5 Å². The van der Waals surface area contributed by atoms with Crippen LogP contribution in [-0.2, 0) is 33.9 Å². The third-order valence-corrected chi connectivity index (χ3v) is 9.12. The molecular weight excluding hydrogens is 620 g/mol. The molecule has 1 unspecified atom stereocenters. The number of carbonyl (C=O) groups is 3. The number of methoxy groups -OCH3 is 1. The van der Waals surface area contributed by atoms with Gasteiger partial charge in [-0.15, -0.1) is 0 Å². The number of hydrogen-bond donors (Lipinski definition) is 4. The Morgan fingerprint density at radius 2 is 2.00 bits per heavy atom. The zero-order valence-corrected chi connectivity index (χ0v) is 28.0. The Kier molecular flexibility index (Phi) is 11.8. The van der Waals surface area contributed by atoms with Gasteiger partial charge in [0, 0.05) is 49.9 Å². The number of benzene rings is 2. The first-order chi connectivity index (χ1) is 22.7. The van der Waals surface area contributed by atoms with Crippen molar-refractivity contribution in [2.24, 2.45) is 11.3 Å². The van der Waals surface area contributed by atoms with Crippen molar-refractivity contribution in [1.82, 2.24) is 30.8 Å². The highest BCUT2D eigenvalue weighted by Crippen LogP contribution is 2.43. The van der Waals surface area contributed by atoms with Crippen molar-refractivity contribution < 1.29 is 23.9 Å². The molecule has 47 heavy (non-hydrogen) atoms. The van der Waals surface area contributed by atoms with Gasteiger partial charge < -0.3 is 30.4 Å². The minimum atomic E-state index is -0.909. The van der Waals surface area contributed by atoms with Gasteiger partial charge in [0.05, 0.1) is 24.5 Å². The summed E-state index contributed by atoms with van der Waals surface area (Å²) in [4.78, 5) is 50.0. The van der Waals surface area contributed by atoms with Gasteiger partial charge in [-0.3, -0.25) is 19.3 Å². The Bertz CT molecular complexity index is 1540. The number of aromatic nitrogens is 2. The third-order valence-electron chi connectivity index (χ3n) is 8.89. The summed E-state index contributed by atoms with van der Waals surface area (Å²) in [5.74, 6) is 0.827. The van der Waals surface area contributed by atoms with Crippen molar-refractivity contribution in [3.63, 3.8) is 0 Å². The number of nitrogens with zero attached hydrogens (tertiary/aromatic N) is 2. The van der Waals surface area contributed by atoms with Crippen molar-refractivity contribution >= 4 is 29.3 Å². The lowest BCUT2D eigenvalue weighted by Crippen LogP contribution is -2.50. The van der Waals surface area contributed by atoms with Crippen LogP contribution in [0, 0.1) is 18.3 Å². The molecule has 3 aromatic rings. The van der Waals surface area contributed by atoms with Gasteiger partial charge in [-0.2, -0.15) is 0 Å². The Morgan fingerprint density at radius 1 is 1.15 bits per heavy atom. The lowest BCUT2D eigenvalue weighted by molar-refractivity contribution is -0.132. The maximum atomic E-state index is 14.2. The predicted octanol–water partition coefficient (Wildman–Crippen LogP) is 3.93. The Labute approximate surface area is 281 Å². The van der Waals surface area contributed by atoms with E-state index < -0.39 is 5.41 Å². The van der Waals surface area contributed by atoms with Gasteiger partial charge in [-0.25, -0.2) is 4.98 Å². The lowest BCUT2D eigenvalue weighted by Gasteiger charge is -2.33. The van der Waals surface area contributed by atoms with E-state index in [0.717, 1.165) is 35.4 Å². The van der Waals surface area contributed by atoms with Crippen LogP contribution in [0.1, 0.15) is 54.6 Å². The summed E-state index contributed by atoms with van der Waals surface area (Å²) in [6.07, 6.45) is 5.70. The van der Waals surface area contributed by atoms with E-state index in [-0.39, 0.29) is 30.9 Å². The molecule has 0 saturated heterocycles. The van der Waals surface area contributed by atoms with Crippen LogP contribution in [0.15, 0.2) is 48.8 Å². The fourth-order valence-electron chi connectivity index (χ4n) is 6.08. The SMILES string of the molecule is COc1ccc2cc1OCC(=O)NCCN(Cc1nc[nH]c1C)CCCC(=O)NCC(CC1CC1)(C(=O)NCc1cccc(Cl)c1)C2. The molecule has 1 saturated carbocycles. The van der Waals surface area contributed by atoms with Crippen molar-refractivity contribution in [3.05, 3.63) is 76.3 Å². The highest BCUT2D eigenvalue weighted by atomic mass is 35.5. The second kappa shape index (κ2) is 16.1. The lowest BCUT2D eigenvalue weighted by atomic mass is 9.75. The second-order valence-corrected chi connectivity index (χ2v) is 13.1. The molecule has 1 atom stereocenters. The predicted molar refractivity (Wildman–Crippen MR) is 179 cm³/mol. The van der Waals surface area contributed by atoms with Crippen LogP contribution < -0.4 is 25.4 Å². The van der Waals surface area contributed by atoms with Crippen molar-refractivity contribution in [1.29, 1.82) is 0 Å². The number of aryl methyl sites for hydroxylation is 1. The molecule has 5 rings (SSSR count). The molecule has 1 aliphatic carbocycles. The number of rotatable bonds is 8. The molecule has 1 fully saturated rings. The molecule has 2 aromatic carbocycles. The number of carbonyl (C=O) groups excluding carboxylic acids is 3. The first-order valence-corrected chi connectivity index (χ1v) is 16.7. The van der Waals surface area contributed by atoms with E-state index in [1.807, 2.05) is 37.3 Å². The van der Waals surface area contributed by atoms with Crippen molar-refractivity contribution in [2.75, 3.05) is 39.9 Å². The van der Waals surface area contributed by atoms with Crippen LogP contribution in [0.4, 0.5) is 0 Å². The Balaban J connectivity index is 1.40. The number of amides is 3. The minimum absolute atomic E-state index is 0.100. The van der Waals surface area contributed by atoms with E-state index in [0.29, 0.717) is 80.8 Å². The van der Waals surface area contributed by atoms with E-state index >= 15 is 0 Å². The van der Waals surface area contributed by atoms with Crippen LogP contribution in [0.2, 0.25) is 5.02 Å². The number of H-pyrrole nitrogens is 1. The fourth-order valence-corrected chi connectivity index (χ4v) is 6.29. The van der Waals surface area contributed by atoms with Crippen LogP contribution in [-0.4, -0.2) is 72.5 Å². The number of hydrogen-bond acceptors (Lipinski definition) is 7. The molecule has 0 radical (unpaired) electrons. The summed E-state index contributed by atoms with van der Waals surface area (Å²) in [5.41, 5.74) is 2.74. The zero-order valence-electron chi connectivity index (χ0n) is 27.2. The molecule has 2 bridgehead atoms. The maximum absolute atomic E-state index is 14.2. The standard InChI is InChI=1S/C35H45ClN6O5/c1-24-29(41-23-40-24)20-42-13-4-7-32(43)39-22-35(17-25-8-9-25,34(45)38-19-27-5-3-6-28(36)15-27)18-26-10-11-30(46-2)31(16-26)47-21-33(44)37-12-14-42/h3,5-6,10-11,15-16,23,25H,4,7-9,12-14,17-22H2,1-2H3,(H,37,44)(H,38,45)(H,39,43)(H,40,41). The fraction of sp³-hybridized carbons (Fsp3) is 0.486. The van der Waals surface area contributed by atoms with E-state index in [1.54, 1.807) is 25.6 Å². The Morgan fingerprint density at radius 3 is 2.74 bits per heavy atom. The molecule has 12 heteroatoms. The monoisotopic (exact) mass is 664 g/mol. The third kappa shape index (κ3) is 9.95. The number of fused-ring (bicyclic) bond motifs is 2. The van der Waals surface area contributed by atoms with Gasteiger partial charge in [-0.05, 0) is 74.0 Å². The molecule has 1 aliphatic heterocycles. The summed E-state index contributed by atoms with van der Waals surface area (Å²) in [5, 5.41) is 9.82. The number of nitrogens with one attached hydrogen (secondary N) is 4. The number of halogens is 1. The van der Waals surface area contributed by atoms with Crippen LogP contribution >= 0.6 is 11.6 Å². The van der Waals surface area contributed by atoms with Gasteiger partial charge in [0.2, 0.25) is 11.8 Å². The highest BCUT2D eigenvalue weighted by molar-refractivity contribution is 6.30. The van der Waals surface area contributed by atoms with Gasteiger partial charge in [0.1, 0.15) is 0 Å². The largest absolute Gasteiger partial charge is 0.493 e. The molecule has 252 valence electrons. The minimum Gasteiger partial charge on any atom is -0.493 e. The van der Waals surface area contributed by atoms with Crippen LogP contribution in [0.25, 0.3) is 0 Å². The number of imidazole rings is 1. The van der Waals surface area contributed by atoms with Gasteiger partial charge in [-0.1, -0.05) is 42.6 Å². The number of ether oxygens (including phenoxy) is 2. The first kappa shape index (κ1) is 34.3. The zero-order chi connectivity index (χ0) is 33.2. The van der Waals surface area contributed by atoms with Crippen LogP contribution in [0.3, 0.4) is 0 Å². The smallest absolute Gasteiger partial charge is 0.257 e. The second-order valence-electron chi connectivity index (χ2n) is 12.7. The Hall–Kier alpha value is -4.09. The average Bonchev–Trinajstić information content (AvgIpc) is 3.78. The van der Waals surface area contributed by atoms with Crippen molar-refractivity contribution in [3.8, 4) is 11.5 Å². The highest BCUT2D eigenvalue weighted by Gasteiger charge is 2.43. The summed E-state index contributed by atoms with van der Waals surface area (Å²) < 4.78 is 11.5. The topological polar surface area (TPSA) is 138 Å². The molecule has 4 N–H and O–H groups in total. The van der Waals surface area contributed by atoms with E-state index in [9.17, 15) is 14.4 Å². The summed E-state index contributed by atoms with van der Waals surface area (Å²) in [7, 11) is 1.55. The first-order valence-electron chi connectivity index (χ1n) is 16.3. The molecule has 11 nitrogen and oxygen atoms in total. The number of aromatic amines is 1. The van der Waals surface area contributed by atoms with E-state index in [2.05, 4.69) is 30.8 Å². The van der Waals surface area contributed by atoms with Gasteiger partial charge in [0.15, 0.2) is 18.1 Å². The van der Waals surface area contributed by atoms with Gasteiger partial charge >= 0.3 is 0 Å².